The summed E-state index contributed by atoms with van der Waals surface area (Å²) in [5.74, 6) is -7.25. The highest BCUT2D eigenvalue weighted by Crippen LogP contribution is 2.61. The molecule has 0 atom stereocenters. The van der Waals surface area contributed by atoms with Crippen LogP contribution in [0, 0.1) is 0 Å². The lowest BCUT2D eigenvalue weighted by Crippen LogP contribution is -2.54. The lowest BCUT2D eigenvalue weighted by atomic mass is 9.91. The smallest absolute Gasteiger partial charge is 0.305 e. The topological polar surface area (TPSA) is 15.8 Å². The lowest BCUT2D eigenvalue weighted by Gasteiger charge is -2.40. The van der Waals surface area contributed by atoms with Crippen molar-refractivity contribution >= 4 is 31.9 Å². The Bertz CT molecular complexity index is 399. The van der Waals surface area contributed by atoms with Gasteiger partial charge in [-0.2, -0.15) is 8.78 Å². The van der Waals surface area contributed by atoms with Crippen molar-refractivity contribution in [1.82, 2.24) is 4.98 Å². The number of fused-ring (bicyclic) bond motifs is 1. The van der Waals surface area contributed by atoms with E-state index in [-0.39, 0.29) is 5.69 Å². The fraction of sp³-hybridized carbons (Fsp3) is 0.500. The van der Waals surface area contributed by atoms with E-state index in [1.54, 1.807) is 0 Å². The Labute approximate surface area is 99.5 Å². The molecule has 0 spiro atoms. The monoisotopic (exact) mass is 349 g/mol. The number of H-pyrrole nitrogens is 1. The first-order valence-electron chi connectivity index (χ1n) is 4.00. The van der Waals surface area contributed by atoms with Crippen LogP contribution >= 0.6 is 31.9 Å². The normalized spacial score (nSPS) is 26.0. The molecule has 2 rings (SSSR count). The molecule has 0 saturated carbocycles. The molecule has 0 saturated heterocycles. The van der Waals surface area contributed by atoms with Crippen LogP contribution in [0.1, 0.15) is 11.3 Å². The summed E-state index contributed by atoms with van der Waals surface area (Å²) in [6.07, 6.45) is 0.484. The van der Waals surface area contributed by atoms with Gasteiger partial charge in [0.25, 0.3) is 5.92 Å². The van der Waals surface area contributed by atoms with Crippen LogP contribution in [0.5, 0.6) is 0 Å². The zero-order chi connectivity index (χ0) is 11.5. The summed E-state index contributed by atoms with van der Waals surface area (Å²) in [6.45, 7) is 0. The highest BCUT2D eigenvalue weighted by molar-refractivity contribution is 9.25. The third-order valence-corrected chi connectivity index (χ3v) is 4.58. The fourth-order valence-electron chi connectivity index (χ4n) is 1.58. The van der Waals surface area contributed by atoms with Gasteiger partial charge in [0.05, 0.1) is 6.42 Å². The number of nitrogens with one attached hydrogen (secondary N) is 1. The average Bonchev–Trinajstić information content (AvgIpc) is 2.49. The molecule has 7 heteroatoms. The van der Waals surface area contributed by atoms with E-state index in [2.05, 4.69) is 36.8 Å². The SMILES string of the molecule is FC1(F)Cc2[nH]ccc2C(F)(F)C1(Br)Br. The number of alkyl halides is 6. The Kier molecular flexibility index (Phi) is 2.29. The second-order valence-corrected chi connectivity index (χ2v) is 6.84. The first-order valence-corrected chi connectivity index (χ1v) is 5.59. The van der Waals surface area contributed by atoms with Gasteiger partial charge in [0.1, 0.15) is 0 Å². The van der Waals surface area contributed by atoms with Crippen molar-refractivity contribution in [3.63, 3.8) is 0 Å². The molecule has 15 heavy (non-hydrogen) atoms. The van der Waals surface area contributed by atoms with Crippen molar-refractivity contribution in [3.8, 4) is 0 Å². The van der Waals surface area contributed by atoms with Crippen LogP contribution in [0.2, 0.25) is 0 Å². The van der Waals surface area contributed by atoms with Gasteiger partial charge in [-0.15, -0.1) is 0 Å². The van der Waals surface area contributed by atoms with E-state index >= 15 is 0 Å². The molecule has 0 aromatic carbocycles. The Morgan fingerprint density at radius 2 is 1.80 bits per heavy atom. The Balaban J connectivity index is 2.65. The molecule has 0 amide bonds. The molecular formula is C8H5Br2F4N. The maximum atomic E-state index is 13.7. The summed E-state index contributed by atoms with van der Waals surface area (Å²) in [5, 5.41) is 0. The molecule has 1 aromatic rings. The molecule has 0 radical (unpaired) electrons. The average molecular weight is 351 g/mol. The molecule has 0 aliphatic heterocycles. The summed E-state index contributed by atoms with van der Waals surface area (Å²) in [7, 11) is 0. The molecular weight excluding hydrogens is 346 g/mol. The lowest BCUT2D eigenvalue weighted by molar-refractivity contribution is -0.126. The van der Waals surface area contributed by atoms with Crippen LogP contribution in [-0.4, -0.2) is 14.1 Å². The van der Waals surface area contributed by atoms with Gasteiger partial charge in [-0.3, -0.25) is 0 Å². The molecule has 0 unspecified atom stereocenters. The minimum atomic E-state index is -3.68. The van der Waals surface area contributed by atoms with Crippen LogP contribution in [-0.2, 0) is 12.3 Å². The maximum Gasteiger partial charge on any atom is 0.305 e. The summed E-state index contributed by atoms with van der Waals surface area (Å²) in [5.41, 5.74) is -0.526. The van der Waals surface area contributed by atoms with Gasteiger partial charge >= 0.3 is 5.92 Å². The van der Waals surface area contributed by atoms with Gasteiger partial charge in [-0.05, 0) is 6.07 Å². The predicted octanol–water partition coefficient (Wildman–Crippen LogP) is 3.78. The van der Waals surface area contributed by atoms with Crippen LogP contribution in [0.15, 0.2) is 12.3 Å². The van der Waals surface area contributed by atoms with Crippen molar-refractivity contribution in [2.75, 3.05) is 0 Å². The summed E-state index contributed by atoms with van der Waals surface area (Å²) in [6, 6.07) is 1.11. The Morgan fingerprint density at radius 1 is 1.20 bits per heavy atom. The van der Waals surface area contributed by atoms with Gasteiger partial charge < -0.3 is 4.98 Å². The second-order valence-electron chi connectivity index (χ2n) is 3.40. The third-order valence-electron chi connectivity index (χ3n) is 2.42. The van der Waals surface area contributed by atoms with E-state index in [1.165, 1.54) is 6.20 Å². The molecule has 1 aromatic heterocycles. The number of hydrogen-bond donors (Lipinski definition) is 1. The van der Waals surface area contributed by atoms with Gasteiger partial charge in [-0.1, -0.05) is 31.9 Å². The maximum absolute atomic E-state index is 13.7. The molecule has 84 valence electrons. The summed E-state index contributed by atoms with van der Waals surface area (Å²) < 4.78 is 51.6. The van der Waals surface area contributed by atoms with E-state index in [0.29, 0.717) is 0 Å². The first-order chi connectivity index (χ1) is 6.70. The number of aromatic nitrogens is 1. The standard InChI is InChI=1S/C8H5Br2F4N/c9-8(10)6(11,12)3-5-4(1-2-15-5)7(8,13)14/h1-2,15H,3H2. The van der Waals surface area contributed by atoms with Gasteiger partial charge in [0, 0.05) is 17.5 Å². The van der Waals surface area contributed by atoms with Gasteiger partial charge in [-0.25, -0.2) is 8.78 Å². The molecule has 1 aliphatic carbocycles. The number of aromatic amines is 1. The quantitative estimate of drug-likeness (QED) is 0.541. The van der Waals surface area contributed by atoms with E-state index in [4.69, 9.17) is 0 Å². The highest BCUT2D eigenvalue weighted by atomic mass is 79.9. The van der Waals surface area contributed by atoms with Crippen molar-refractivity contribution in [2.24, 2.45) is 0 Å². The summed E-state index contributed by atoms with van der Waals surface area (Å²) >= 11 is 4.79. The van der Waals surface area contributed by atoms with E-state index < -0.39 is 27.1 Å². The van der Waals surface area contributed by atoms with E-state index in [9.17, 15) is 17.6 Å². The molecule has 0 bridgehead atoms. The molecule has 1 nitrogen and oxygen atoms in total. The van der Waals surface area contributed by atoms with Gasteiger partial charge in [0.15, 0.2) is 0 Å². The molecule has 0 fully saturated rings. The zero-order valence-corrected chi connectivity index (χ0v) is 10.3. The van der Waals surface area contributed by atoms with E-state index in [0.717, 1.165) is 6.07 Å². The van der Waals surface area contributed by atoms with Gasteiger partial charge in [0.2, 0.25) is 3.23 Å². The number of rotatable bonds is 0. The van der Waals surface area contributed by atoms with Crippen LogP contribution in [0.3, 0.4) is 0 Å². The molecule has 1 heterocycles. The van der Waals surface area contributed by atoms with Crippen molar-refractivity contribution < 1.29 is 17.6 Å². The Morgan fingerprint density at radius 3 is 2.40 bits per heavy atom. The number of halogens is 6. The van der Waals surface area contributed by atoms with Crippen LogP contribution in [0.4, 0.5) is 17.6 Å². The van der Waals surface area contributed by atoms with E-state index in [1.807, 2.05) is 0 Å². The minimum Gasteiger partial charge on any atom is -0.364 e. The predicted molar refractivity (Wildman–Crippen MR) is 53.9 cm³/mol. The summed E-state index contributed by atoms with van der Waals surface area (Å²) in [4.78, 5) is 2.40. The largest absolute Gasteiger partial charge is 0.364 e. The highest BCUT2D eigenvalue weighted by Gasteiger charge is 2.69. The Hall–Kier alpha value is -0.0400. The molecule has 1 N–H and O–H groups in total. The zero-order valence-electron chi connectivity index (χ0n) is 7.13. The van der Waals surface area contributed by atoms with Crippen molar-refractivity contribution in [2.45, 2.75) is 21.5 Å². The fourth-order valence-corrected chi connectivity index (χ4v) is 2.28. The van der Waals surface area contributed by atoms with Crippen molar-refractivity contribution in [1.29, 1.82) is 0 Å². The van der Waals surface area contributed by atoms with Crippen LogP contribution in [0.25, 0.3) is 0 Å². The van der Waals surface area contributed by atoms with Crippen LogP contribution < -0.4 is 0 Å². The first kappa shape index (κ1) is 11.4. The number of hydrogen-bond acceptors (Lipinski definition) is 0. The molecule has 1 aliphatic rings. The van der Waals surface area contributed by atoms with Crippen molar-refractivity contribution in [3.05, 3.63) is 23.5 Å². The minimum absolute atomic E-state index is 0.125. The second kappa shape index (κ2) is 3.00. The third kappa shape index (κ3) is 1.32.